The van der Waals surface area contributed by atoms with Crippen LogP contribution in [-0.4, -0.2) is 14.8 Å². The molecule has 7 heteroatoms. The summed E-state index contributed by atoms with van der Waals surface area (Å²) in [5.74, 6) is 1.07. The lowest BCUT2D eigenvalue weighted by atomic mass is 9.87. The van der Waals surface area contributed by atoms with Crippen molar-refractivity contribution in [3.63, 3.8) is 0 Å². The van der Waals surface area contributed by atoms with Crippen LogP contribution >= 0.6 is 11.8 Å². The highest BCUT2D eigenvalue weighted by atomic mass is 32.2. The van der Waals surface area contributed by atoms with Gasteiger partial charge in [0.1, 0.15) is 0 Å². The van der Waals surface area contributed by atoms with E-state index >= 15 is 0 Å². The second kappa shape index (κ2) is 8.68. The Labute approximate surface area is 179 Å². The van der Waals surface area contributed by atoms with Crippen molar-refractivity contribution in [2.45, 2.75) is 49.8 Å². The summed E-state index contributed by atoms with van der Waals surface area (Å²) in [6.07, 6.45) is -2.60. The van der Waals surface area contributed by atoms with E-state index in [1.54, 1.807) is 12.1 Å². The summed E-state index contributed by atoms with van der Waals surface area (Å²) >= 11 is 1.36. The molecule has 3 aromatic rings. The second-order valence-electron chi connectivity index (χ2n) is 8.02. The third kappa shape index (κ3) is 5.14. The lowest BCUT2D eigenvalue weighted by Gasteiger charge is -2.19. The minimum Gasteiger partial charge on any atom is -0.298 e. The van der Waals surface area contributed by atoms with Crippen molar-refractivity contribution in [2.24, 2.45) is 0 Å². The number of halogens is 3. The number of allylic oxidation sites excluding steroid dienone is 1. The normalized spacial score (nSPS) is 12.2. The lowest BCUT2D eigenvalue weighted by Crippen LogP contribution is -2.10. The molecule has 0 amide bonds. The Morgan fingerprint density at radius 2 is 1.70 bits per heavy atom. The number of nitrogens with zero attached hydrogens (tertiary/aromatic N) is 3. The molecule has 0 saturated carbocycles. The van der Waals surface area contributed by atoms with E-state index < -0.39 is 11.7 Å². The zero-order valence-electron chi connectivity index (χ0n) is 17.2. The quantitative estimate of drug-likeness (QED) is 0.320. The summed E-state index contributed by atoms with van der Waals surface area (Å²) in [5.41, 5.74) is 2.15. The molecule has 0 atom stereocenters. The molecule has 158 valence electrons. The maximum absolute atomic E-state index is 12.9. The van der Waals surface area contributed by atoms with Gasteiger partial charge in [0.05, 0.1) is 5.56 Å². The third-order valence-corrected chi connectivity index (χ3v) is 5.70. The fourth-order valence-corrected chi connectivity index (χ4v) is 3.90. The van der Waals surface area contributed by atoms with Gasteiger partial charge < -0.3 is 0 Å². The third-order valence-electron chi connectivity index (χ3n) is 4.66. The Morgan fingerprint density at radius 1 is 1.00 bits per heavy atom. The number of aromatic nitrogens is 3. The summed E-state index contributed by atoms with van der Waals surface area (Å²) in [6.45, 7) is 10.8. The smallest absolute Gasteiger partial charge is 0.298 e. The molecule has 0 aliphatic rings. The van der Waals surface area contributed by atoms with Crippen LogP contribution in [0.2, 0.25) is 0 Å². The van der Waals surface area contributed by atoms with Crippen LogP contribution in [0.4, 0.5) is 13.2 Å². The Kier molecular flexibility index (Phi) is 6.41. The van der Waals surface area contributed by atoms with Crippen LogP contribution < -0.4 is 0 Å². The molecule has 0 fully saturated rings. The average Bonchev–Trinajstić information content (AvgIpc) is 3.08. The highest BCUT2D eigenvalue weighted by molar-refractivity contribution is 7.98. The van der Waals surface area contributed by atoms with Crippen molar-refractivity contribution >= 4 is 11.8 Å². The number of hydrogen-bond acceptors (Lipinski definition) is 3. The summed E-state index contributed by atoms with van der Waals surface area (Å²) in [5, 5.41) is 9.25. The molecule has 0 radical (unpaired) electrons. The molecule has 1 aromatic heterocycles. The summed E-state index contributed by atoms with van der Waals surface area (Å²) in [4.78, 5) is 0. The summed E-state index contributed by atoms with van der Waals surface area (Å²) in [6, 6.07) is 13.6. The van der Waals surface area contributed by atoms with Gasteiger partial charge in [-0.05, 0) is 22.6 Å². The number of rotatable bonds is 6. The van der Waals surface area contributed by atoms with Crippen LogP contribution in [0, 0.1) is 0 Å². The minimum atomic E-state index is -4.35. The number of thioether (sulfide) groups is 1. The molecular weight excluding hydrogens is 407 g/mol. The second-order valence-corrected chi connectivity index (χ2v) is 8.96. The molecule has 3 nitrogen and oxygen atoms in total. The van der Waals surface area contributed by atoms with Crippen LogP contribution in [0.1, 0.15) is 37.5 Å². The maximum atomic E-state index is 12.9. The first-order chi connectivity index (χ1) is 14.1. The monoisotopic (exact) mass is 431 g/mol. The predicted molar refractivity (Wildman–Crippen MR) is 115 cm³/mol. The highest BCUT2D eigenvalue weighted by Gasteiger charge is 2.30. The van der Waals surface area contributed by atoms with Gasteiger partial charge in [0.2, 0.25) is 0 Å². The molecule has 0 spiro atoms. The SMILES string of the molecule is C=CCn1c(SCc2cccc(C(F)(F)F)c2)nnc1-c1ccc(C(C)(C)C)cc1. The Balaban J connectivity index is 1.84. The first-order valence-electron chi connectivity index (χ1n) is 9.53. The average molecular weight is 432 g/mol. The van der Waals surface area contributed by atoms with Crippen molar-refractivity contribution < 1.29 is 13.2 Å². The molecule has 0 unspecified atom stereocenters. The highest BCUT2D eigenvalue weighted by Crippen LogP contribution is 2.32. The van der Waals surface area contributed by atoms with Crippen molar-refractivity contribution in [3.05, 3.63) is 77.9 Å². The van der Waals surface area contributed by atoms with Crippen LogP contribution in [0.25, 0.3) is 11.4 Å². The van der Waals surface area contributed by atoms with Crippen molar-refractivity contribution in [2.75, 3.05) is 0 Å². The molecule has 30 heavy (non-hydrogen) atoms. The van der Waals surface area contributed by atoms with E-state index in [2.05, 4.69) is 49.7 Å². The maximum Gasteiger partial charge on any atom is 0.416 e. The Bertz CT molecular complexity index is 1020. The molecular formula is C23H24F3N3S. The standard InChI is InChI=1S/C23H24F3N3S/c1-5-13-29-20(17-9-11-18(12-10-17)22(2,3)4)27-28-21(29)30-15-16-7-6-8-19(14-16)23(24,25)26/h5-12,14H,1,13,15H2,2-4H3. The summed E-state index contributed by atoms with van der Waals surface area (Å²) < 4.78 is 40.8. The van der Waals surface area contributed by atoms with E-state index in [0.29, 0.717) is 28.8 Å². The molecule has 0 aliphatic heterocycles. The van der Waals surface area contributed by atoms with Gasteiger partial charge in [-0.15, -0.1) is 16.8 Å². The summed E-state index contributed by atoms with van der Waals surface area (Å²) in [7, 11) is 0. The van der Waals surface area contributed by atoms with Gasteiger partial charge in [-0.25, -0.2) is 0 Å². The van der Waals surface area contributed by atoms with Crippen molar-refractivity contribution in [1.82, 2.24) is 14.8 Å². The molecule has 0 bridgehead atoms. The molecule has 0 saturated heterocycles. The zero-order chi connectivity index (χ0) is 21.9. The van der Waals surface area contributed by atoms with Gasteiger partial charge in [-0.2, -0.15) is 13.2 Å². The van der Waals surface area contributed by atoms with E-state index in [0.717, 1.165) is 11.6 Å². The first kappa shape index (κ1) is 22.2. The topological polar surface area (TPSA) is 30.7 Å². The van der Waals surface area contributed by atoms with Crippen LogP contribution in [-0.2, 0) is 23.9 Å². The molecule has 2 aromatic carbocycles. The largest absolute Gasteiger partial charge is 0.416 e. The predicted octanol–water partition coefficient (Wildman–Crippen LogP) is 6.74. The Hall–Kier alpha value is -2.54. The molecule has 3 rings (SSSR count). The molecule has 0 N–H and O–H groups in total. The fraction of sp³-hybridized carbons (Fsp3) is 0.304. The number of benzene rings is 2. The van der Waals surface area contributed by atoms with Crippen molar-refractivity contribution in [3.8, 4) is 11.4 Å². The number of alkyl halides is 3. The van der Waals surface area contributed by atoms with Gasteiger partial charge in [0.25, 0.3) is 0 Å². The van der Waals surface area contributed by atoms with E-state index in [9.17, 15) is 13.2 Å². The molecule has 1 heterocycles. The van der Waals surface area contributed by atoms with Gasteiger partial charge in [0, 0.05) is 17.9 Å². The van der Waals surface area contributed by atoms with E-state index in [1.165, 1.54) is 29.5 Å². The van der Waals surface area contributed by atoms with Gasteiger partial charge in [-0.3, -0.25) is 4.57 Å². The van der Waals surface area contributed by atoms with Gasteiger partial charge >= 0.3 is 6.18 Å². The minimum absolute atomic E-state index is 0.0548. The van der Waals surface area contributed by atoms with E-state index in [-0.39, 0.29) is 5.41 Å². The lowest BCUT2D eigenvalue weighted by molar-refractivity contribution is -0.137. The number of hydrogen-bond donors (Lipinski definition) is 0. The first-order valence-corrected chi connectivity index (χ1v) is 10.5. The van der Waals surface area contributed by atoms with Crippen molar-refractivity contribution in [1.29, 1.82) is 0 Å². The van der Waals surface area contributed by atoms with E-state index in [4.69, 9.17) is 0 Å². The Morgan fingerprint density at radius 3 is 2.30 bits per heavy atom. The fourth-order valence-electron chi connectivity index (χ4n) is 3.01. The van der Waals surface area contributed by atoms with Crippen LogP contribution in [0.3, 0.4) is 0 Å². The van der Waals surface area contributed by atoms with E-state index in [1.807, 2.05) is 16.7 Å². The van der Waals surface area contributed by atoms with Gasteiger partial charge in [-0.1, -0.05) is 81.1 Å². The van der Waals surface area contributed by atoms with Crippen LogP contribution in [0.5, 0.6) is 0 Å². The zero-order valence-corrected chi connectivity index (χ0v) is 18.0. The van der Waals surface area contributed by atoms with Gasteiger partial charge in [0.15, 0.2) is 11.0 Å². The molecule has 0 aliphatic carbocycles. The van der Waals surface area contributed by atoms with Crippen LogP contribution in [0.15, 0.2) is 66.3 Å².